The Labute approximate surface area is 313 Å². The predicted octanol–water partition coefficient (Wildman–Crippen LogP) is 10.5. The minimum atomic E-state index is -4.31. The normalized spacial score (nSPS) is 15.4. The molecular weight excluding hydrogens is 659 g/mol. The Hall–Kier alpha value is -2.06. The molecule has 0 heterocycles. The standard InChI is InChI=1S/C42H75N2O6P/c1-6-8-10-12-14-15-16-17-18-19-20-21-22-23-24-25-26-27-28-29-30-32-34-36-42(46)43-40(41(45)35-33-31-13-11-9-7-2)39-50-51(47,48)49-38-37-44(3,4)5/h8,10,14-15,17-18,20-21,23-24,26-27,40-41,45H,6-7,9,11-13,16,19,22,25,28-39H2,1-5H3,(H-,43,46,47,48)/p+1/b10-8-,15-14-,18-17-,21-20-,24-23-,27-26-. The second kappa shape index (κ2) is 33.8. The van der Waals surface area contributed by atoms with Crippen LogP contribution < -0.4 is 5.32 Å². The molecule has 3 N–H and O–H groups in total. The largest absolute Gasteiger partial charge is 0.472 e. The van der Waals surface area contributed by atoms with Crippen LogP contribution in [0.4, 0.5) is 0 Å². The number of amides is 1. The van der Waals surface area contributed by atoms with E-state index >= 15 is 0 Å². The second-order valence-corrected chi connectivity index (χ2v) is 15.7. The number of quaternary nitrogens is 1. The van der Waals surface area contributed by atoms with Gasteiger partial charge in [-0.25, -0.2) is 4.57 Å². The van der Waals surface area contributed by atoms with E-state index in [2.05, 4.69) is 92.1 Å². The first-order valence-electron chi connectivity index (χ1n) is 19.8. The fourth-order valence-corrected chi connectivity index (χ4v) is 5.78. The van der Waals surface area contributed by atoms with Gasteiger partial charge in [0.15, 0.2) is 0 Å². The van der Waals surface area contributed by atoms with Crippen LogP contribution >= 0.6 is 7.82 Å². The van der Waals surface area contributed by atoms with Gasteiger partial charge in [-0.05, 0) is 64.2 Å². The van der Waals surface area contributed by atoms with E-state index in [1.165, 1.54) is 19.3 Å². The summed E-state index contributed by atoms with van der Waals surface area (Å²) >= 11 is 0. The van der Waals surface area contributed by atoms with Crippen molar-refractivity contribution in [3.05, 3.63) is 72.9 Å². The van der Waals surface area contributed by atoms with Gasteiger partial charge in [-0.2, -0.15) is 0 Å². The summed E-state index contributed by atoms with van der Waals surface area (Å²) in [6, 6.07) is -0.774. The van der Waals surface area contributed by atoms with Crippen LogP contribution in [-0.4, -0.2) is 73.4 Å². The first-order chi connectivity index (χ1) is 24.5. The van der Waals surface area contributed by atoms with Crippen LogP contribution in [0.1, 0.15) is 136 Å². The summed E-state index contributed by atoms with van der Waals surface area (Å²) in [6.07, 6.45) is 43.8. The molecule has 3 unspecified atom stereocenters. The summed E-state index contributed by atoms with van der Waals surface area (Å²) in [5.74, 6) is -0.179. The number of hydrogen-bond acceptors (Lipinski definition) is 5. The number of phosphoric ester groups is 1. The first kappa shape index (κ1) is 48.9. The summed E-state index contributed by atoms with van der Waals surface area (Å²) in [6.45, 7) is 4.65. The molecule has 9 heteroatoms. The van der Waals surface area contributed by atoms with Gasteiger partial charge >= 0.3 is 7.82 Å². The average Bonchev–Trinajstić information content (AvgIpc) is 3.07. The van der Waals surface area contributed by atoms with Gasteiger partial charge in [0.1, 0.15) is 13.2 Å². The molecule has 0 aromatic heterocycles. The van der Waals surface area contributed by atoms with Crippen LogP contribution in [0.15, 0.2) is 72.9 Å². The van der Waals surface area contributed by atoms with Crippen LogP contribution in [0.3, 0.4) is 0 Å². The average molecular weight is 736 g/mol. The molecule has 0 bridgehead atoms. The smallest absolute Gasteiger partial charge is 0.391 e. The van der Waals surface area contributed by atoms with Gasteiger partial charge in [0, 0.05) is 6.42 Å². The number of carbonyl (C=O) groups is 1. The van der Waals surface area contributed by atoms with E-state index in [1.54, 1.807) is 0 Å². The number of nitrogens with one attached hydrogen (secondary N) is 1. The molecule has 0 aliphatic carbocycles. The number of likely N-dealkylation sites (N-methyl/N-ethyl adjacent to an activating group) is 1. The summed E-state index contributed by atoms with van der Waals surface area (Å²) < 4.78 is 23.4. The van der Waals surface area contributed by atoms with E-state index in [0.29, 0.717) is 23.9 Å². The Morgan fingerprint density at radius 2 is 1.18 bits per heavy atom. The fraction of sp³-hybridized carbons (Fsp3) is 0.690. The van der Waals surface area contributed by atoms with Gasteiger partial charge < -0.3 is 19.8 Å². The maximum atomic E-state index is 12.8. The van der Waals surface area contributed by atoms with E-state index in [9.17, 15) is 19.4 Å². The molecule has 3 atom stereocenters. The summed E-state index contributed by atoms with van der Waals surface area (Å²) in [7, 11) is 1.58. The molecule has 0 fully saturated rings. The molecule has 51 heavy (non-hydrogen) atoms. The Bertz CT molecular complexity index is 1060. The van der Waals surface area contributed by atoms with Crippen LogP contribution in [-0.2, 0) is 18.4 Å². The molecular formula is C42H76N2O6P+. The molecule has 1 amide bonds. The molecule has 0 rings (SSSR count). The third-order valence-corrected chi connectivity index (χ3v) is 9.20. The highest BCUT2D eigenvalue weighted by molar-refractivity contribution is 7.47. The Morgan fingerprint density at radius 1 is 0.686 bits per heavy atom. The van der Waals surface area contributed by atoms with Gasteiger partial charge in [-0.15, -0.1) is 0 Å². The minimum absolute atomic E-state index is 0.0642. The fourth-order valence-electron chi connectivity index (χ4n) is 5.05. The lowest BCUT2D eigenvalue weighted by atomic mass is 10.0. The number of aliphatic hydroxyl groups is 1. The van der Waals surface area contributed by atoms with E-state index < -0.39 is 20.0 Å². The minimum Gasteiger partial charge on any atom is -0.391 e. The van der Waals surface area contributed by atoms with Crippen molar-refractivity contribution in [2.75, 3.05) is 40.9 Å². The zero-order valence-electron chi connectivity index (χ0n) is 33.1. The number of unbranched alkanes of at least 4 members (excludes halogenated alkanes) is 9. The molecule has 0 saturated carbocycles. The molecule has 0 radical (unpaired) electrons. The van der Waals surface area contributed by atoms with Crippen LogP contribution in [0, 0.1) is 0 Å². The zero-order chi connectivity index (χ0) is 37.9. The van der Waals surface area contributed by atoms with Crippen LogP contribution in [0.25, 0.3) is 0 Å². The number of nitrogens with zero attached hydrogens (tertiary/aromatic N) is 1. The first-order valence-corrected chi connectivity index (χ1v) is 21.3. The van der Waals surface area contributed by atoms with Crippen molar-refractivity contribution in [3.8, 4) is 0 Å². The molecule has 0 aliphatic rings. The van der Waals surface area contributed by atoms with Crippen molar-refractivity contribution in [2.45, 2.75) is 148 Å². The lowest BCUT2D eigenvalue weighted by molar-refractivity contribution is -0.870. The van der Waals surface area contributed by atoms with Crippen molar-refractivity contribution in [1.82, 2.24) is 5.32 Å². The van der Waals surface area contributed by atoms with Crippen LogP contribution in [0.5, 0.6) is 0 Å². The lowest BCUT2D eigenvalue weighted by Gasteiger charge is -2.26. The van der Waals surface area contributed by atoms with Gasteiger partial charge in [0.25, 0.3) is 0 Å². The van der Waals surface area contributed by atoms with E-state index in [4.69, 9.17) is 9.05 Å². The topological polar surface area (TPSA) is 105 Å². The number of hydrogen-bond donors (Lipinski definition) is 3. The number of carbonyl (C=O) groups excluding carboxylic acids is 1. The number of aliphatic hydroxyl groups excluding tert-OH is 1. The van der Waals surface area contributed by atoms with Crippen LogP contribution in [0.2, 0.25) is 0 Å². The highest BCUT2D eigenvalue weighted by Crippen LogP contribution is 2.43. The number of rotatable bonds is 34. The van der Waals surface area contributed by atoms with Crippen molar-refractivity contribution >= 4 is 13.7 Å². The second-order valence-electron chi connectivity index (χ2n) is 14.3. The highest BCUT2D eigenvalue weighted by Gasteiger charge is 2.28. The van der Waals surface area contributed by atoms with Gasteiger partial charge in [0.2, 0.25) is 5.91 Å². The third kappa shape index (κ3) is 36.1. The maximum absolute atomic E-state index is 12.8. The third-order valence-electron chi connectivity index (χ3n) is 8.22. The summed E-state index contributed by atoms with van der Waals surface area (Å²) in [5, 5.41) is 13.7. The van der Waals surface area contributed by atoms with Crippen molar-refractivity contribution in [3.63, 3.8) is 0 Å². The monoisotopic (exact) mass is 736 g/mol. The Balaban J connectivity index is 4.30. The summed E-state index contributed by atoms with van der Waals surface area (Å²) in [5.41, 5.74) is 0. The summed E-state index contributed by atoms with van der Waals surface area (Å²) in [4.78, 5) is 22.9. The van der Waals surface area contributed by atoms with Crippen molar-refractivity contribution in [2.24, 2.45) is 0 Å². The lowest BCUT2D eigenvalue weighted by Crippen LogP contribution is -2.46. The molecule has 0 aliphatic heterocycles. The van der Waals surface area contributed by atoms with Crippen molar-refractivity contribution < 1.29 is 32.9 Å². The highest BCUT2D eigenvalue weighted by atomic mass is 31.2. The quantitative estimate of drug-likeness (QED) is 0.0263. The van der Waals surface area contributed by atoms with E-state index in [0.717, 1.165) is 89.9 Å². The Kier molecular flexibility index (Phi) is 32.4. The number of phosphoric acid groups is 1. The van der Waals surface area contributed by atoms with Gasteiger partial charge in [-0.3, -0.25) is 13.8 Å². The molecule has 0 aromatic carbocycles. The number of allylic oxidation sites excluding steroid dienone is 12. The Morgan fingerprint density at radius 3 is 1.73 bits per heavy atom. The molecule has 0 aromatic rings. The SMILES string of the molecule is CC/C=C\C/C=C\C/C=C\C/C=C\C/C=C\C/C=C\CCCCCCC(=O)NC(COP(=O)(O)OCC[N+](C)(C)C)C(O)CCCCCCCC. The predicted molar refractivity (Wildman–Crippen MR) is 216 cm³/mol. The molecule has 8 nitrogen and oxygen atoms in total. The molecule has 294 valence electrons. The van der Waals surface area contributed by atoms with E-state index in [-0.39, 0.29) is 19.1 Å². The zero-order valence-corrected chi connectivity index (χ0v) is 34.0. The molecule has 0 saturated heterocycles. The van der Waals surface area contributed by atoms with Crippen molar-refractivity contribution in [1.29, 1.82) is 0 Å². The van der Waals surface area contributed by atoms with E-state index in [1.807, 2.05) is 21.1 Å². The molecule has 0 spiro atoms. The maximum Gasteiger partial charge on any atom is 0.472 e. The van der Waals surface area contributed by atoms with Gasteiger partial charge in [-0.1, -0.05) is 138 Å². The van der Waals surface area contributed by atoms with Gasteiger partial charge in [0.05, 0.1) is 39.9 Å².